The molecule has 0 spiro atoms. The highest BCUT2D eigenvalue weighted by Crippen LogP contribution is 2.19. The smallest absolute Gasteiger partial charge is 0.123 e. The van der Waals surface area contributed by atoms with Crippen molar-refractivity contribution in [1.29, 1.82) is 0 Å². The van der Waals surface area contributed by atoms with E-state index >= 15 is 0 Å². The molecular formula is C15H17F. The van der Waals surface area contributed by atoms with Gasteiger partial charge in [-0.1, -0.05) is 55.8 Å². The van der Waals surface area contributed by atoms with Crippen molar-refractivity contribution in [3.05, 3.63) is 59.9 Å². The van der Waals surface area contributed by atoms with Gasteiger partial charge in [-0.25, -0.2) is 4.39 Å². The van der Waals surface area contributed by atoms with E-state index in [0.29, 0.717) is 0 Å². The molecule has 0 N–H and O–H groups in total. The van der Waals surface area contributed by atoms with Crippen LogP contribution in [-0.2, 0) is 0 Å². The Bertz CT molecular complexity index is 369. The molecule has 0 unspecified atom stereocenters. The maximum Gasteiger partial charge on any atom is 0.123 e. The molecular weight excluding hydrogens is 199 g/mol. The number of halogens is 1. The number of benzene rings is 2. The van der Waals surface area contributed by atoms with E-state index in [0.717, 1.165) is 11.1 Å². The Kier molecular flexibility index (Phi) is 4.71. The first kappa shape index (κ1) is 12.4. The largest absolute Gasteiger partial charge is 0.207 e. The number of hydrogen-bond donors (Lipinski definition) is 0. The Morgan fingerprint density at radius 3 is 1.50 bits per heavy atom. The van der Waals surface area contributed by atoms with Gasteiger partial charge >= 0.3 is 0 Å². The van der Waals surface area contributed by atoms with Gasteiger partial charge < -0.3 is 0 Å². The molecule has 0 aromatic heterocycles. The topological polar surface area (TPSA) is 0 Å². The van der Waals surface area contributed by atoms with Crippen molar-refractivity contribution in [3.8, 4) is 11.1 Å². The van der Waals surface area contributed by atoms with Gasteiger partial charge in [-0.15, -0.1) is 0 Å². The molecule has 84 valence electrons. The average molecular weight is 216 g/mol. The van der Waals surface area contributed by atoms with E-state index in [1.165, 1.54) is 17.7 Å². The van der Waals surface area contributed by atoms with Crippen LogP contribution >= 0.6 is 0 Å². The third kappa shape index (κ3) is 3.20. The summed E-state index contributed by atoms with van der Waals surface area (Å²) in [6, 6.07) is 14.7. The molecule has 0 heterocycles. The summed E-state index contributed by atoms with van der Waals surface area (Å²) in [5, 5.41) is 0. The van der Waals surface area contributed by atoms with Crippen molar-refractivity contribution < 1.29 is 4.39 Å². The van der Waals surface area contributed by atoms with Crippen molar-refractivity contribution >= 4 is 0 Å². The first-order valence-corrected chi connectivity index (χ1v) is 5.58. The second-order valence-electron chi connectivity index (χ2n) is 3.37. The summed E-state index contributed by atoms with van der Waals surface area (Å²) >= 11 is 0. The first-order chi connectivity index (χ1) is 7.75. The van der Waals surface area contributed by atoms with E-state index in [4.69, 9.17) is 0 Å². The summed E-state index contributed by atoms with van der Waals surface area (Å²) in [5.41, 5.74) is 3.40. The van der Waals surface area contributed by atoms with Gasteiger partial charge in [0.2, 0.25) is 0 Å². The Balaban J connectivity index is 0.000000606. The van der Waals surface area contributed by atoms with Crippen molar-refractivity contribution in [2.45, 2.75) is 20.8 Å². The van der Waals surface area contributed by atoms with Crippen molar-refractivity contribution in [2.75, 3.05) is 0 Å². The maximum atomic E-state index is 12.7. The van der Waals surface area contributed by atoms with Gasteiger partial charge in [-0.05, 0) is 30.2 Å². The summed E-state index contributed by atoms with van der Waals surface area (Å²) in [5.74, 6) is -0.194. The zero-order valence-electron chi connectivity index (χ0n) is 10.00. The average Bonchev–Trinajstić information content (AvgIpc) is 2.34. The molecule has 0 amide bonds. The van der Waals surface area contributed by atoms with Crippen LogP contribution in [0.1, 0.15) is 19.4 Å². The van der Waals surface area contributed by atoms with Gasteiger partial charge in [-0.2, -0.15) is 0 Å². The zero-order valence-corrected chi connectivity index (χ0v) is 10.00. The lowest BCUT2D eigenvalue weighted by atomic mass is 10.0. The first-order valence-electron chi connectivity index (χ1n) is 5.58. The van der Waals surface area contributed by atoms with E-state index in [9.17, 15) is 4.39 Å². The Morgan fingerprint density at radius 2 is 1.06 bits per heavy atom. The maximum absolute atomic E-state index is 12.7. The minimum atomic E-state index is -0.194. The number of rotatable bonds is 1. The van der Waals surface area contributed by atoms with Crippen LogP contribution in [0.15, 0.2) is 48.5 Å². The minimum Gasteiger partial charge on any atom is -0.207 e. The molecule has 1 heteroatoms. The molecule has 0 atom stereocenters. The van der Waals surface area contributed by atoms with E-state index in [1.54, 1.807) is 12.1 Å². The molecule has 0 aliphatic heterocycles. The lowest BCUT2D eigenvalue weighted by Crippen LogP contribution is -1.79. The van der Waals surface area contributed by atoms with E-state index in [2.05, 4.69) is 19.1 Å². The number of aryl methyl sites for hydroxylation is 1. The second-order valence-corrected chi connectivity index (χ2v) is 3.37. The molecule has 0 aliphatic carbocycles. The highest BCUT2D eigenvalue weighted by Gasteiger charge is 1.96. The molecule has 0 radical (unpaired) electrons. The van der Waals surface area contributed by atoms with Crippen LogP contribution in [0, 0.1) is 12.7 Å². The molecule has 2 rings (SSSR count). The standard InChI is InChI=1S/C13H11F.C2H6/c1-10-2-4-11(5-3-10)12-6-8-13(14)9-7-12;1-2/h2-9H,1H3;1-2H3. The molecule has 0 nitrogen and oxygen atoms in total. The Labute approximate surface area is 96.8 Å². The van der Waals surface area contributed by atoms with Gasteiger partial charge in [0.25, 0.3) is 0 Å². The highest BCUT2D eigenvalue weighted by atomic mass is 19.1. The summed E-state index contributed by atoms with van der Waals surface area (Å²) in [6.45, 7) is 6.05. The van der Waals surface area contributed by atoms with Gasteiger partial charge in [0.05, 0.1) is 0 Å². The van der Waals surface area contributed by atoms with Crippen LogP contribution in [0.2, 0.25) is 0 Å². The van der Waals surface area contributed by atoms with Crippen LogP contribution in [0.5, 0.6) is 0 Å². The van der Waals surface area contributed by atoms with Gasteiger partial charge in [0.1, 0.15) is 5.82 Å². The fourth-order valence-corrected chi connectivity index (χ4v) is 1.39. The van der Waals surface area contributed by atoms with Crippen LogP contribution in [-0.4, -0.2) is 0 Å². The molecule has 2 aromatic carbocycles. The monoisotopic (exact) mass is 216 g/mol. The third-order valence-electron chi connectivity index (χ3n) is 2.23. The fraction of sp³-hybridized carbons (Fsp3) is 0.200. The van der Waals surface area contributed by atoms with E-state index < -0.39 is 0 Å². The SMILES string of the molecule is CC.Cc1ccc(-c2ccc(F)cc2)cc1. The van der Waals surface area contributed by atoms with Crippen LogP contribution in [0.3, 0.4) is 0 Å². The Hall–Kier alpha value is -1.63. The minimum absolute atomic E-state index is 0.194. The van der Waals surface area contributed by atoms with E-state index in [-0.39, 0.29) is 5.82 Å². The van der Waals surface area contributed by atoms with Gasteiger partial charge in [-0.3, -0.25) is 0 Å². The zero-order chi connectivity index (χ0) is 12.0. The van der Waals surface area contributed by atoms with Crippen LogP contribution in [0.25, 0.3) is 11.1 Å². The van der Waals surface area contributed by atoms with Crippen molar-refractivity contribution in [2.24, 2.45) is 0 Å². The molecule has 0 aliphatic rings. The Morgan fingerprint density at radius 1 is 0.688 bits per heavy atom. The van der Waals surface area contributed by atoms with E-state index in [1.807, 2.05) is 26.0 Å². The molecule has 0 fully saturated rings. The molecule has 0 saturated heterocycles. The summed E-state index contributed by atoms with van der Waals surface area (Å²) in [4.78, 5) is 0. The summed E-state index contributed by atoms with van der Waals surface area (Å²) < 4.78 is 12.7. The lowest BCUT2D eigenvalue weighted by molar-refractivity contribution is 0.628. The highest BCUT2D eigenvalue weighted by molar-refractivity contribution is 5.63. The van der Waals surface area contributed by atoms with Crippen molar-refractivity contribution in [3.63, 3.8) is 0 Å². The number of hydrogen-bond acceptors (Lipinski definition) is 0. The normalized spacial score (nSPS) is 9.25. The quantitative estimate of drug-likeness (QED) is 0.640. The van der Waals surface area contributed by atoms with Crippen molar-refractivity contribution in [1.82, 2.24) is 0 Å². The predicted molar refractivity (Wildman–Crippen MR) is 67.9 cm³/mol. The second kappa shape index (κ2) is 6.06. The third-order valence-corrected chi connectivity index (χ3v) is 2.23. The van der Waals surface area contributed by atoms with Crippen LogP contribution < -0.4 is 0 Å². The lowest BCUT2D eigenvalue weighted by Gasteiger charge is -2.01. The van der Waals surface area contributed by atoms with Crippen LogP contribution in [0.4, 0.5) is 4.39 Å². The molecule has 2 aromatic rings. The summed E-state index contributed by atoms with van der Waals surface area (Å²) in [7, 11) is 0. The molecule has 16 heavy (non-hydrogen) atoms. The molecule has 0 saturated carbocycles. The van der Waals surface area contributed by atoms with Gasteiger partial charge in [0, 0.05) is 0 Å². The van der Waals surface area contributed by atoms with Gasteiger partial charge in [0.15, 0.2) is 0 Å². The fourth-order valence-electron chi connectivity index (χ4n) is 1.39. The summed E-state index contributed by atoms with van der Waals surface area (Å²) in [6.07, 6.45) is 0. The molecule has 0 bridgehead atoms. The predicted octanol–water partition coefficient (Wildman–Crippen LogP) is 4.83.